The van der Waals surface area contributed by atoms with Crippen LogP contribution in [-0.2, 0) is 9.59 Å². The Hall–Kier alpha value is -2.69. The molecule has 0 saturated carbocycles. The highest BCUT2D eigenvalue weighted by Gasteiger charge is 2.31. The van der Waals surface area contributed by atoms with Crippen LogP contribution < -0.4 is 14.6 Å². The maximum absolute atomic E-state index is 12.3. The fourth-order valence-corrected chi connectivity index (χ4v) is 4.17. The molecule has 144 valence electrons. The van der Waals surface area contributed by atoms with E-state index in [-0.39, 0.29) is 15.0 Å². The molecule has 2 aromatic rings. The first-order valence-electron chi connectivity index (χ1n) is 7.78. The van der Waals surface area contributed by atoms with Crippen molar-refractivity contribution < 1.29 is 29.0 Å². The number of carbonyl (C=O) groups excluding carboxylic acids is 3. The number of carboxylic acid groups (broad SMARTS) is 1. The summed E-state index contributed by atoms with van der Waals surface area (Å²) < 4.78 is 10.8. The van der Waals surface area contributed by atoms with E-state index in [1.165, 1.54) is 18.4 Å². The molecule has 28 heavy (non-hydrogen) atoms. The fourth-order valence-electron chi connectivity index (χ4n) is 2.32. The molecule has 1 aliphatic heterocycles. The molecule has 1 aliphatic rings. The van der Waals surface area contributed by atoms with E-state index < -0.39 is 24.4 Å². The lowest BCUT2D eigenvalue weighted by Crippen LogP contribution is -2.40. The van der Waals surface area contributed by atoms with Crippen LogP contribution >= 0.6 is 35.3 Å². The van der Waals surface area contributed by atoms with Crippen LogP contribution in [0.2, 0.25) is 0 Å². The van der Waals surface area contributed by atoms with Crippen LogP contribution in [0.4, 0.5) is 0 Å². The number of nitrogens with zero attached hydrogens (tertiary/aromatic N) is 1. The van der Waals surface area contributed by atoms with Crippen molar-refractivity contribution >= 4 is 63.6 Å². The molecule has 7 nitrogen and oxygen atoms in total. The summed E-state index contributed by atoms with van der Waals surface area (Å²) >= 11 is 7.30. The molecule has 1 amide bonds. The quantitative estimate of drug-likeness (QED) is 0.295. The summed E-state index contributed by atoms with van der Waals surface area (Å²) in [5.74, 6) is -1.85. The lowest BCUT2D eigenvalue weighted by molar-refractivity contribution is -0.305. The zero-order chi connectivity index (χ0) is 20.3. The number of thiocarbonyl (C=S) groups is 1. The van der Waals surface area contributed by atoms with Crippen molar-refractivity contribution in [1.82, 2.24) is 4.90 Å². The van der Waals surface area contributed by atoms with Crippen LogP contribution in [0.5, 0.6) is 11.5 Å². The Balaban J connectivity index is 1.81. The number of carbonyl (C=O) groups is 3. The topological polar surface area (TPSA) is 96.0 Å². The molecule has 1 aromatic carbocycles. The van der Waals surface area contributed by atoms with Crippen molar-refractivity contribution in [2.75, 3.05) is 13.7 Å². The maximum Gasteiger partial charge on any atom is 0.353 e. The molecule has 0 N–H and O–H groups in total. The Morgan fingerprint density at radius 3 is 2.71 bits per heavy atom. The second kappa shape index (κ2) is 8.55. The van der Waals surface area contributed by atoms with E-state index >= 15 is 0 Å². The third-order valence-corrected chi connectivity index (χ3v) is 5.80. The van der Waals surface area contributed by atoms with Gasteiger partial charge in [0.25, 0.3) is 5.91 Å². The van der Waals surface area contributed by atoms with Gasteiger partial charge in [0.1, 0.15) is 9.20 Å². The van der Waals surface area contributed by atoms with Gasteiger partial charge in [-0.2, -0.15) is 0 Å². The third-order valence-electron chi connectivity index (χ3n) is 3.57. The molecule has 0 radical (unpaired) electrons. The summed E-state index contributed by atoms with van der Waals surface area (Å²) in [4.78, 5) is 36.9. The standard InChI is InChI=1S/C18H13NO6S3/c1-24-12-7-10(4-5-11(12)25-17(23)13-3-2-6-27-13)8-14-16(22)19(9-15(20)21)18(26)28-14/h2-8H,9H2,1H3,(H,20,21)/p-1/b14-8+. The summed E-state index contributed by atoms with van der Waals surface area (Å²) in [6.07, 6.45) is 1.56. The number of thioether (sulfide) groups is 1. The van der Waals surface area contributed by atoms with Gasteiger partial charge in [-0.15, -0.1) is 11.3 Å². The Morgan fingerprint density at radius 2 is 2.07 bits per heavy atom. The Morgan fingerprint density at radius 1 is 1.29 bits per heavy atom. The first kappa shape index (κ1) is 20.1. The predicted molar refractivity (Wildman–Crippen MR) is 107 cm³/mol. The van der Waals surface area contributed by atoms with Crippen molar-refractivity contribution in [3.63, 3.8) is 0 Å². The zero-order valence-corrected chi connectivity index (χ0v) is 16.8. The molecule has 2 heterocycles. The molecule has 3 rings (SSSR count). The molecule has 1 saturated heterocycles. The van der Waals surface area contributed by atoms with Crippen LogP contribution in [0.25, 0.3) is 6.08 Å². The van der Waals surface area contributed by atoms with Crippen molar-refractivity contribution in [3.05, 3.63) is 51.1 Å². The van der Waals surface area contributed by atoms with Crippen molar-refractivity contribution in [3.8, 4) is 11.5 Å². The molecule has 0 aliphatic carbocycles. The number of rotatable bonds is 6. The van der Waals surface area contributed by atoms with Crippen LogP contribution in [0.15, 0.2) is 40.6 Å². The minimum absolute atomic E-state index is 0.147. The lowest BCUT2D eigenvalue weighted by atomic mass is 10.2. The number of ether oxygens (including phenoxy) is 2. The number of hydrogen-bond donors (Lipinski definition) is 0. The number of methoxy groups -OCH3 is 1. The predicted octanol–water partition coefficient (Wildman–Crippen LogP) is 1.93. The first-order valence-corrected chi connectivity index (χ1v) is 9.88. The minimum atomic E-state index is -1.39. The van der Waals surface area contributed by atoms with Gasteiger partial charge in [-0.1, -0.05) is 36.1 Å². The number of hydrogen-bond acceptors (Lipinski definition) is 9. The van der Waals surface area contributed by atoms with Gasteiger partial charge >= 0.3 is 5.97 Å². The highest BCUT2D eigenvalue weighted by molar-refractivity contribution is 8.26. The van der Waals surface area contributed by atoms with Crippen LogP contribution in [-0.4, -0.2) is 40.7 Å². The summed E-state index contributed by atoms with van der Waals surface area (Å²) in [5, 5.41) is 12.5. The third kappa shape index (κ3) is 4.41. The fraction of sp³-hybridized carbons (Fsp3) is 0.111. The molecular formula is C18H12NO6S3-. The summed E-state index contributed by atoms with van der Waals surface area (Å²) in [6, 6.07) is 8.20. The van der Waals surface area contributed by atoms with E-state index in [1.807, 2.05) is 0 Å². The van der Waals surface area contributed by atoms with Gasteiger partial charge in [-0.3, -0.25) is 9.69 Å². The van der Waals surface area contributed by atoms with E-state index in [0.717, 1.165) is 16.7 Å². The number of carboxylic acids is 1. The first-order chi connectivity index (χ1) is 13.4. The smallest absolute Gasteiger partial charge is 0.353 e. The Bertz CT molecular complexity index is 983. The Labute approximate surface area is 173 Å². The van der Waals surface area contributed by atoms with Gasteiger partial charge in [0.05, 0.1) is 24.5 Å². The number of esters is 1. The van der Waals surface area contributed by atoms with Gasteiger partial charge < -0.3 is 19.4 Å². The van der Waals surface area contributed by atoms with Crippen molar-refractivity contribution in [2.45, 2.75) is 0 Å². The van der Waals surface area contributed by atoms with Crippen LogP contribution in [0, 0.1) is 0 Å². The SMILES string of the molecule is COc1cc(/C=C2/SC(=S)N(CC(=O)[O-])C2=O)ccc1OC(=O)c1cccs1. The lowest BCUT2D eigenvalue weighted by Gasteiger charge is -2.14. The van der Waals surface area contributed by atoms with Crippen molar-refractivity contribution in [1.29, 1.82) is 0 Å². The zero-order valence-electron chi connectivity index (χ0n) is 14.4. The minimum Gasteiger partial charge on any atom is -0.548 e. The van der Waals surface area contributed by atoms with Crippen LogP contribution in [0.1, 0.15) is 15.2 Å². The number of benzene rings is 1. The van der Waals surface area contributed by atoms with Gasteiger partial charge in [0.2, 0.25) is 0 Å². The molecule has 1 aromatic heterocycles. The van der Waals surface area contributed by atoms with Gasteiger partial charge in [0, 0.05) is 0 Å². The van der Waals surface area contributed by atoms with Gasteiger partial charge in [-0.05, 0) is 35.2 Å². The number of amides is 1. The summed E-state index contributed by atoms with van der Waals surface area (Å²) in [7, 11) is 1.43. The molecule has 0 unspecified atom stereocenters. The normalized spacial score (nSPS) is 15.2. The summed E-state index contributed by atoms with van der Waals surface area (Å²) in [5.41, 5.74) is 0.599. The molecule has 0 bridgehead atoms. The Kier molecular flexibility index (Phi) is 6.12. The molecule has 0 atom stereocenters. The average molecular weight is 434 g/mol. The van der Waals surface area contributed by atoms with E-state index in [2.05, 4.69) is 0 Å². The van der Waals surface area contributed by atoms with Gasteiger partial charge in [-0.25, -0.2) is 4.79 Å². The maximum atomic E-state index is 12.3. The van der Waals surface area contributed by atoms with E-state index in [1.54, 1.807) is 41.8 Å². The number of aliphatic carboxylic acids is 1. The highest BCUT2D eigenvalue weighted by atomic mass is 32.2. The van der Waals surface area contributed by atoms with Gasteiger partial charge in [0.15, 0.2) is 11.5 Å². The van der Waals surface area contributed by atoms with E-state index in [4.69, 9.17) is 21.7 Å². The second-order valence-corrected chi connectivity index (χ2v) is 8.04. The van der Waals surface area contributed by atoms with E-state index in [0.29, 0.717) is 16.2 Å². The molecule has 10 heteroatoms. The highest BCUT2D eigenvalue weighted by Crippen LogP contribution is 2.35. The van der Waals surface area contributed by atoms with Crippen molar-refractivity contribution in [2.24, 2.45) is 0 Å². The largest absolute Gasteiger partial charge is 0.548 e. The molecule has 0 spiro atoms. The monoisotopic (exact) mass is 434 g/mol. The average Bonchev–Trinajstić information content (AvgIpc) is 3.28. The second-order valence-electron chi connectivity index (χ2n) is 5.42. The van der Waals surface area contributed by atoms with Crippen LogP contribution in [0.3, 0.4) is 0 Å². The number of thiophene rings is 1. The summed E-state index contributed by atoms with van der Waals surface area (Å²) in [6.45, 7) is -0.594. The molecule has 1 fully saturated rings. The van der Waals surface area contributed by atoms with E-state index in [9.17, 15) is 19.5 Å². The molecular weight excluding hydrogens is 422 g/mol.